The Hall–Kier alpha value is -1.79. The van der Waals surface area contributed by atoms with Gasteiger partial charge < -0.3 is 21.5 Å². The van der Waals surface area contributed by atoms with E-state index >= 15 is 0 Å². The van der Waals surface area contributed by atoms with Crippen LogP contribution in [-0.2, 0) is 9.59 Å². The van der Waals surface area contributed by atoms with E-state index in [4.69, 9.17) is 10.8 Å². The third-order valence-corrected chi connectivity index (χ3v) is 3.22. The number of nitrogens with two attached hydrogens (primary N) is 1. The van der Waals surface area contributed by atoms with E-state index < -0.39 is 30.4 Å². The summed E-state index contributed by atoms with van der Waals surface area (Å²) in [4.78, 5) is 33.0. The summed E-state index contributed by atoms with van der Waals surface area (Å²) in [6.07, 6.45) is 2.90. The Labute approximate surface area is 105 Å². The summed E-state index contributed by atoms with van der Waals surface area (Å²) in [6.45, 7) is 1.88. The van der Waals surface area contributed by atoms with E-state index in [1.807, 2.05) is 6.92 Å². The van der Waals surface area contributed by atoms with Gasteiger partial charge >= 0.3 is 12.0 Å². The molecule has 1 rings (SSSR count). The van der Waals surface area contributed by atoms with Gasteiger partial charge in [-0.3, -0.25) is 4.79 Å². The highest BCUT2D eigenvalue weighted by atomic mass is 16.4. The third-order valence-electron chi connectivity index (χ3n) is 3.22. The van der Waals surface area contributed by atoms with Gasteiger partial charge in [0.25, 0.3) is 0 Å². The number of amides is 3. The molecule has 0 bridgehead atoms. The van der Waals surface area contributed by atoms with E-state index in [0.29, 0.717) is 5.92 Å². The molecule has 0 spiro atoms. The third kappa shape index (κ3) is 4.23. The van der Waals surface area contributed by atoms with Gasteiger partial charge in [0, 0.05) is 6.04 Å². The van der Waals surface area contributed by atoms with Crippen molar-refractivity contribution >= 4 is 17.9 Å². The van der Waals surface area contributed by atoms with Crippen LogP contribution in [0.2, 0.25) is 0 Å². The predicted molar refractivity (Wildman–Crippen MR) is 63.7 cm³/mol. The van der Waals surface area contributed by atoms with E-state index in [0.717, 1.165) is 19.3 Å². The zero-order valence-electron chi connectivity index (χ0n) is 10.3. The number of carboxylic acid groups (broad SMARTS) is 1. The summed E-state index contributed by atoms with van der Waals surface area (Å²) in [7, 11) is 0. The van der Waals surface area contributed by atoms with E-state index in [9.17, 15) is 14.4 Å². The lowest BCUT2D eigenvalue weighted by Gasteiger charge is -2.32. The van der Waals surface area contributed by atoms with Crippen molar-refractivity contribution in [1.82, 2.24) is 10.6 Å². The molecule has 1 fully saturated rings. The summed E-state index contributed by atoms with van der Waals surface area (Å²) >= 11 is 0. The molecule has 0 aromatic rings. The lowest BCUT2D eigenvalue weighted by atomic mass is 9.80. The summed E-state index contributed by atoms with van der Waals surface area (Å²) in [5, 5.41) is 13.7. The molecule has 1 saturated carbocycles. The normalized spacial score (nSPS) is 18.3. The molecule has 0 aliphatic heterocycles. The van der Waals surface area contributed by atoms with Crippen molar-refractivity contribution in [3.8, 4) is 0 Å². The maximum atomic E-state index is 11.6. The number of carbonyl (C=O) groups excluding carboxylic acids is 2. The Morgan fingerprint density at radius 3 is 2.33 bits per heavy atom. The first-order valence-electron chi connectivity index (χ1n) is 5.98. The van der Waals surface area contributed by atoms with Crippen LogP contribution in [0.5, 0.6) is 0 Å². The highest BCUT2D eigenvalue weighted by Crippen LogP contribution is 2.29. The van der Waals surface area contributed by atoms with Gasteiger partial charge in [-0.2, -0.15) is 0 Å². The van der Waals surface area contributed by atoms with Crippen LogP contribution in [0.4, 0.5) is 4.79 Å². The van der Waals surface area contributed by atoms with Crippen LogP contribution in [0, 0.1) is 5.92 Å². The van der Waals surface area contributed by atoms with Gasteiger partial charge in [0.15, 0.2) is 0 Å². The Kier molecular flexibility index (Phi) is 4.94. The Balaban J connectivity index is 2.40. The standard InChI is InChI=1S/C11H19N3O4/c1-6(7-3-2-4-7)13-11(18)14-8(10(16)17)5-9(12)15/h6-8H,2-5H2,1H3,(H2,12,15)(H,16,17)(H2,13,14,18)/t6?,8-/m1/s1. The van der Waals surface area contributed by atoms with Gasteiger partial charge in [0.1, 0.15) is 6.04 Å². The molecule has 1 aliphatic carbocycles. The summed E-state index contributed by atoms with van der Waals surface area (Å²) in [5.41, 5.74) is 4.91. The van der Waals surface area contributed by atoms with Crippen LogP contribution < -0.4 is 16.4 Å². The Morgan fingerprint density at radius 2 is 1.94 bits per heavy atom. The van der Waals surface area contributed by atoms with Crippen LogP contribution >= 0.6 is 0 Å². The van der Waals surface area contributed by atoms with Crippen molar-refractivity contribution in [2.24, 2.45) is 11.7 Å². The molecule has 2 atom stereocenters. The molecule has 0 aromatic carbocycles. The molecule has 7 nitrogen and oxygen atoms in total. The van der Waals surface area contributed by atoms with Crippen molar-refractivity contribution in [2.75, 3.05) is 0 Å². The second-order valence-electron chi connectivity index (χ2n) is 4.66. The van der Waals surface area contributed by atoms with E-state index in [1.54, 1.807) is 0 Å². The molecule has 0 aromatic heterocycles. The molecule has 0 saturated heterocycles. The van der Waals surface area contributed by atoms with Gasteiger partial charge in [-0.15, -0.1) is 0 Å². The minimum Gasteiger partial charge on any atom is -0.480 e. The number of primary amides is 1. The highest BCUT2D eigenvalue weighted by molar-refractivity contribution is 5.87. The van der Waals surface area contributed by atoms with Gasteiger partial charge in [0.2, 0.25) is 5.91 Å². The minimum atomic E-state index is -1.28. The van der Waals surface area contributed by atoms with E-state index in [2.05, 4.69) is 10.6 Å². The van der Waals surface area contributed by atoms with Crippen molar-refractivity contribution in [3.63, 3.8) is 0 Å². The van der Waals surface area contributed by atoms with Crippen LogP contribution in [-0.4, -0.2) is 35.1 Å². The Morgan fingerprint density at radius 1 is 1.33 bits per heavy atom. The molecule has 18 heavy (non-hydrogen) atoms. The molecular formula is C11H19N3O4. The maximum Gasteiger partial charge on any atom is 0.326 e. The van der Waals surface area contributed by atoms with Gasteiger partial charge in [0.05, 0.1) is 6.42 Å². The average molecular weight is 257 g/mol. The SMILES string of the molecule is CC(NC(=O)N[C@H](CC(N)=O)C(=O)O)C1CCC1. The summed E-state index contributed by atoms with van der Waals surface area (Å²) in [6, 6.07) is -1.86. The predicted octanol–water partition coefficient (Wildman–Crippen LogP) is -0.197. The van der Waals surface area contributed by atoms with Crippen molar-refractivity contribution in [3.05, 3.63) is 0 Å². The fourth-order valence-electron chi connectivity index (χ4n) is 1.87. The largest absolute Gasteiger partial charge is 0.480 e. The first kappa shape index (κ1) is 14.3. The zero-order chi connectivity index (χ0) is 13.7. The van der Waals surface area contributed by atoms with Crippen LogP contribution in [0.3, 0.4) is 0 Å². The van der Waals surface area contributed by atoms with Gasteiger partial charge in [-0.25, -0.2) is 9.59 Å². The molecule has 5 N–H and O–H groups in total. The first-order valence-corrected chi connectivity index (χ1v) is 5.98. The van der Waals surface area contributed by atoms with Crippen molar-refractivity contribution in [2.45, 2.75) is 44.7 Å². The Bertz CT molecular complexity index is 341. The second kappa shape index (κ2) is 6.23. The molecule has 0 radical (unpaired) electrons. The number of aliphatic carboxylic acids is 1. The van der Waals surface area contributed by atoms with E-state index in [-0.39, 0.29) is 6.04 Å². The lowest BCUT2D eigenvalue weighted by Crippen LogP contribution is -2.51. The van der Waals surface area contributed by atoms with Crippen LogP contribution in [0.1, 0.15) is 32.6 Å². The first-order chi connectivity index (χ1) is 8.40. The van der Waals surface area contributed by atoms with E-state index in [1.165, 1.54) is 0 Å². The van der Waals surface area contributed by atoms with Gasteiger partial charge in [-0.05, 0) is 25.7 Å². The number of hydrogen-bond donors (Lipinski definition) is 4. The number of carbonyl (C=O) groups is 3. The smallest absolute Gasteiger partial charge is 0.326 e. The zero-order valence-corrected chi connectivity index (χ0v) is 10.3. The molecule has 7 heteroatoms. The fraction of sp³-hybridized carbons (Fsp3) is 0.727. The van der Waals surface area contributed by atoms with Crippen molar-refractivity contribution in [1.29, 1.82) is 0 Å². The quantitative estimate of drug-likeness (QED) is 0.526. The maximum absolute atomic E-state index is 11.6. The number of nitrogens with one attached hydrogen (secondary N) is 2. The molecule has 0 heterocycles. The average Bonchev–Trinajstić information content (AvgIpc) is 2.11. The van der Waals surface area contributed by atoms with Gasteiger partial charge in [-0.1, -0.05) is 6.42 Å². The van der Waals surface area contributed by atoms with Crippen molar-refractivity contribution < 1.29 is 19.5 Å². The molecule has 1 unspecified atom stereocenters. The topological polar surface area (TPSA) is 122 Å². The summed E-state index contributed by atoms with van der Waals surface area (Å²) < 4.78 is 0. The molecule has 102 valence electrons. The highest BCUT2D eigenvalue weighted by Gasteiger charge is 2.27. The number of hydrogen-bond acceptors (Lipinski definition) is 3. The van der Waals surface area contributed by atoms with Crippen LogP contribution in [0.15, 0.2) is 0 Å². The number of urea groups is 1. The minimum absolute atomic E-state index is 0.00164. The molecular weight excluding hydrogens is 238 g/mol. The second-order valence-corrected chi connectivity index (χ2v) is 4.66. The summed E-state index contributed by atoms with van der Waals surface area (Å²) in [5.74, 6) is -1.59. The number of carboxylic acids is 1. The molecule has 1 aliphatic rings. The fourth-order valence-corrected chi connectivity index (χ4v) is 1.87. The van der Waals surface area contributed by atoms with Crippen LogP contribution in [0.25, 0.3) is 0 Å². The lowest BCUT2D eigenvalue weighted by molar-refractivity contribution is -0.140. The monoisotopic (exact) mass is 257 g/mol. The molecule has 3 amide bonds. The number of rotatable bonds is 6.